The first-order chi connectivity index (χ1) is 9.27. The molecule has 19 heavy (non-hydrogen) atoms. The largest absolute Gasteiger partial charge is 0.478 e. The fourth-order valence-electron chi connectivity index (χ4n) is 2.77. The summed E-state index contributed by atoms with van der Waals surface area (Å²) in [6.45, 7) is 6.48. The van der Waals surface area contributed by atoms with Crippen molar-refractivity contribution in [3.8, 4) is 5.88 Å². The van der Waals surface area contributed by atoms with Crippen molar-refractivity contribution in [2.75, 3.05) is 24.6 Å². The number of rotatable bonds is 6. The molecule has 0 aliphatic carbocycles. The Morgan fingerprint density at radius 1 is 1.47 bits per heavy atom. The number of nitrogens with zero attached hydrogens (tertiary/aromatic N) is 3. The molecular weight excluding hydrogens is 240 g/mol. The minimum Gasteiger partial charge on any atom is -0.478 e. The summed E-state index contributed by atoms with van der Waals surface area (Å²) in [5.41, 5.74) is 6.67. The Labute approximate surface area is 115 Å². The molecule has 1 unspecified atom stereocenters. The molecule has 106 valence electrons. The van der Waals surface area contributed by atoms with Gasteiger partial charge in [0, 0.05) is 12.6 Å². The van der Waals surface area contributed by atoms with Crippen LogP contribution in [-0.2, 0) is 0 Å². The van der Waals surface area contributed by atoms with Gasteiger partial charge in [-0.05, 0) is 46.1 Å². The highest BCUT2D eigenvalue weighted by Gasteiger charge is 2.27. The molecule has 1 saturated heterocycles. The quantitative estimate of drug-likeness (QED) is 0.850. The van der Waals surface area contributed by atoms with E-state index in [0.717, 1.165) is 37.3 Å². The third-order valence-corrected chi connectivity index (χ3v) is 3.68. The summed E-state index contributed by atoms with van der Waals surface area (Å²) < 4.78 is 5.56. The van der Waals surface area contributed by atoms with Gasteiger partial charge in [0.1, 0.15) is 12.1 Å². The Hall–Kier alpha value is -1.36. The number of anilines is 1. The molecule has 0 spiro atoms. The SMILES string of the molecule is CCOc1ncnc(N2CCCC2CCCN)c1C. The Balaban J connectivity index is 2.18. The molecule has 2 heterocycles. The van der Waals surface area contributed by atoms with Crippen molar-refractivity contribution in [2.24, 2.45) is 5.73 Å². The van der Waals surface area contributed by atoms with Gasteiger partial charge in [0.25, 0.3) is 0 Å². The van der Waals surface area contributed by atoms with Crippen LogP contribution in [0.25, 0.3) is 0 Å². The minimum absolute atomic E-state index is 0.562. The Bertz CT molecular complexity index is 410. The summed E-state index contributed by atoms with van der Waals surface area (Å²) in [5.74, 6) is 1.73. The van der Waals surface area contributed by atoms with Gasteiger partial charge in [-0.25, -0.2) is 9.97 Å². The molecule has 0 radical (unpaired) electrons. The number of aromatic nitrogens is 2. The maximum atomic E-state index is 5.62. The van der Waals surface area contributed by atoms with E-state index in [-0.39, 0.29) is 0 Å². The average molecular weight is 264 g/mol. The molecule has 0 amide bonds. The highest BCUT2D eigenvalue weighted by molar-refractivity contribution is 5.51. The molecule has 0 saturated carbocycles. The summed E-state index contributed by atoms with van der Waals surface area (Å²) in [6, 6.07) is 0.562. The van der Waals surface area contributed by atoms with Crippen LogP contribution < -0.4 is 15.4 Å². The molecule has 5 nitrogen and oxygen atoms in total. The molecule has 2 N–H and O–H groups in total. The van der Waals surface area contributed by atoms with E-state index in [1.807, 2.05) is 13.8 Å². The van der Waals surface area contributed by atoms with Crippen LogP contribution in [0.2, 0.25) is 0 Å². The normalized spacial score (nSPS) is 18.9. The van der Waals surface area contributed by atoms with Crippen molar-refractivity contribution in [3.63, 3.8) is 0 Å². The first kappa shape index (κ1) is 14.1. The molecule has 0 aromatic carbocycles. The standard InChI is InChI=1S/C14H24N4O/c1-3-19-14-11(2)13(16-10-17-14)18-9-5-7-12(18)6-4-8-15/h10,12H,3-9,15H2,1-2H3. The Morgan fingerprint density at radius 2 is 2.32 bits per heavy atom. The molecular formula is C14H24N4O. The highest BCUT2D eigenvalue weighted by atomic mass is 16.5. The van der Waals surface area contributed by atoms with Crippen LogP contribution in [0.5, 0.6) is 5.88 Å². The summed E-state index contributed by atoms with van der Waals surface area (Å²) >= 11 is 0. The van der Waals surface area contributed by atoms with E-state index in [1.54, 1.807) is 6.33 Å². The van der Waals surface area contributed by atoms with E-state index in [4.69, 9.17) is 10.5 Å². The minimum atomic E-state index is 0.562. The molecule has 1 fully saturated rings. The van der Waals surface area contributed by atoms with Crippen LogP contribution in [0, 0.1) is 6.92 Å². The van der Waals surface area contributed by atoms with Gasteiger partial charge in [-0.2, -0.15) is 0 Å². The van der Waals surface area contributed by atoms with E-state index in [0.29, 0.717) is 18.5 Å². The lowest BCUT2D eigenvalue weighted by atomic mass is 10.1. The van der Waals surface area contributed by atoms with Crippen LogP contribution >= 0.6 is 0 Å². The lowest BCUT2D eigenvalue weighted by molar-refractivity contribution is 0.323. The number of ether oxygens (including phenoxy) is 1. The van der Waals surface area contributed by atoms with E-state index in [2.05, 4.69) is 14.9 Å². The zero-order valence-electron chi connectivity index (χ0n) is 11.9. The van der Waals surface area contributed by atoms with Crippen molar-refractivity contribution in [1.82, 2.24) is 9.97 Å². The average Bonchev–Trinajstić information content (AvgIpc) is 2.87. The van der Waals surface area contributed by atoms with E-state index in [9.17, 15) is 0 Å². The van der Waals surface area contributed by atoms with Gasteiger partial charge >= 0.3 is 0 Å². The molecule has 0 bridgehead atoms. The first-order valence-corrected chi connectivity index (χ1v) is 7.19. The predicted molar refractivity (Wildman–Crippen MR) is 76.6 cm³/mol. The van der Waals surface area contributed by atoms with Crippen molar-refractivity contribution in [2.45, 2.75) is 45.6 Å². The molecule has 2 rings (SSSR count). The first-order valence-electron chi connectivity index (χ1n) is 7.19. The second kappa shape index (κ2) is 6.70. The van der Waals surface area contributed by atoms with Crippen LogP contribution in [0.4, 0.5) is 5.82 Å². The van der Waals surface area contributed by atoms with Gasteiger partial charge in [-0.1, -0.05) is 0 Å². The Morgan fingerprint density at radius 3 is 3.05 bits per heavy atom. The topological polar surface area (TPSA) is 64.3 Å². The maximum absolute atomic E-state index is 5.62. The van der Waals surface area contributed by atoms with Gasteiger partial charge in [0.05, 0.1) is 12.2 Å². The smallest absolute Gasteiger partial charge is 0.221 e. The van der Waals surface area contributed by atoms with Gasteiger partial charge in [0.15, 0.2) is 0 Å². The van der Waals surface area contributed by atoms with Gasteiger partial charge in [-0.3, -0.25) is 0 Å². The number of nitrogens with two attached hydrogens (primary N) is 1. The summed E-state index contributed by atoms with van der Waals surface area (Å²) in [6.07, 6.45) is 6.27. The van der Waals surface area contributed by atoms with Crippen molar-refractivity contribution in [3.05, 3.63) is 11.9 Å². The predicted octanol–water partition coefficient (Wildman–Crippen LogP) is 1.89. The van der Waals surface area contributed by atoms with Crippen LogP contribution in [0.3, 0.4) is 0 Å². The lowest BCUT2D eigenvalue weighted by Gasteiger charge is -2.27. The molecule has 1 aliphatic heterocycles. The van der Waals surface area contributed by atoms with Gasteiger partial charge < -0.3 is 15.4 Å². The van der Waals surface area contributed by atoms with Crippen LogP contribution in [0.1, 0.15) is 38.2 Å². The molecule has 1 aromatic heterocycles. The highest BCUT2D eigenvalue weighted by Crippen LogP contribution is 2.31. The van der Waals surface area contributed by atoms with E-state index in [1.165, 1.54) is 12.8 Å². The Kier molecular flexibility index (Phi) is 4.96. The van der Waals surface area contributed by atoms with E-state index >= 15 is 0 Å². The second-order valence-electron chi connectivity index (χ2n) is 4.98. The third-order valence-electron chi connectivity index (χ3n) is 3.68. The molecule has 5 heteroatoms. The second-order valence-corrected chi connectivity index (χ2v) is 4.98. The zero-order valence-corrected chi connectivity index (χ0v) is 11.9. The molecule has 1 aliphatic rings. The van der Waals surface area contributed by atoms with Gasteiger partial charge in [-0.15, -0.1) is 0 Å². The van der Waals surface area contributed by atoms with Crippen molar-refractivity contribution >= 4 is 5.82 Å². The number of hydrogen-bond donors (Lipinski definition) is 1. The van der Waals surface area contributed by atoms with Crippen LogP contribution in [-0.4, -0.2) is 35.7 Å². The monoisotopic (exact) mass is 264 g/mol. The lowest BCUT2D eigenvalue weighted by Crippen LogP contribution is -2.31. The van der Waals surface area contributed by atoms with Crippen molar-refractivity contribution < 1.29 is 4.74 Å². The molecule has 1 aromatic rings. The van der Waals surface area contributed by atoms with Gasteiger partial charge in [0.2, 0.25) is 5.88 Å². The third kappa shape index (κ3) is 3.15. The summed E-state index contributed by atoms with van der Waals surface area (Å²) in [4.78, 5) is 11.1. The maximum Gasteiger partial charge on any atom is 0.221 e. The fraction of sp³-hybridized carbons (Fsp3) is 0.714. The molecule has 1 atom stereocenters. The number of hydrogen-bond acceptors (Lipinski definition) is 5. The fourth-order valence-corrected chi connectivity index (χ4v) is 2.77. The zero-order chi connectivity index (χ0) is 13.7. The van der Waals surface area contributed by atoms with Crippen LogP contribution in [0.15, 0.2) is 6.33 Å². The van der Waals surface area contributed by atoms with Crippen molar-refractivity contribution in [1.29, 1.82) is 0 Å². The summed E-state index contributed by atoms with van der Waals surface area (Å²) in [7, 11) is 0. The van der Waals surface area contributed by atoms with E-state index < -0.39 is 0 Å². The summed E-state index contributed by atoms with van der Waals surface area (Å²) in [5, 5.41) is 0.